The van der Waals surface area contributed by atoms with Gasteiger partial charge in [0.2, 0.25) is 5.91 Å². The minimum Gasteiger partial charge on any atom is -0.396 e. The number of hydrogen-bond acceptors (Lipinski definition) is 3. The number of halogens is 1. The molecule has 1 amide bonds. The van der Waals surface area contributed by atoms with E-state index in [4.69, 9.17) is 5.73 Å². The minimum atomic E-state index is -0.474. The van der Waals surface area contributed by atoms with Crippen molar-refractivity contribution in [2.75, 3.05) is 31.2 Å². The SMILES string of the molecule is CC1CC1CN(C)CC(=O)Nc1ccc(F)c(N)c1. The monoisotopic (exact) mass is 265 g/mol. The van der Waals surface area contributed by atoms with Gasteiger partial charge in [-0.1, -0.05) is 6.92 Å². The molecule has 0 bridgehead atoms. The van der Waals surface area contributed by atoms with Crippen LogP contribution in [0.2, 0.25) is 0 Å². The van der Waals surface area contributed by atoms with Crippen LogP contribution in [-0.2, 0) is 4.79 Å². The van der Waals surface area contributed by atoms with Crippen molar-refractivity contribution >= 4 is 17.3 Å². The van der Waals surface area contributed by atoms with E-state index in [0.29, 0.717) is 12.2 Å². The Kier molecular flexibility index (Phi) is 4.04. The number of nitrogens with zero attached hydrogens (tertiary/aromatic N) is 1. The van der Waals surface area contributed by atoms with Crippen LogP contribution in [0.15, 0.2) is 18.2 Å². The molecule has 1 aliphatic carbocycles. The average Bonchev–Trinajstić information content (AvgIpc) is 2.99. The number of nitrogens with two attached hydrogens (primary N) is 1. The summed E-state index contributed by atoms with van der Waals surface area (Å²) < 4.78 is 13.0. The summed E-state index contributed by atoms with van der Waals surface area (Å²) >= 11 is 0. The summed E-state index contributed by atoms with van der Waals surface area (Å²) in [5.41, 5.74) is 6.02. The third-order valence-corrected chi connectivity index (χ3v) is 3.52. The number of carbonyl (C=O) groups is 1. The summed E-state index contributed by atoms with van der Waals surface area (Å²) in [7, 11) is 1.93. The Morgan fingerprint density at radius 2 is 2.26 bits per heavy atom. The molecule has 1 saturated carbocycles. The number of nitrogens with one attached hydrogen (secondary N) is 1. The Labute approximate surface area is 112 Å². The van der Waals surface area contributed by atoms with E-state index in [1.165, 1.54) is 24.6 Å². The van der Waals surface area contributed by atoms with E-state index in [1.54, 1.807) is 0 Å². The van der Waals surface area contributed by atoms with Crippen LogP contribution in [0.4, 0.5) is 15.8 Å². The second kappa shape index (κ2) is 5.57. The predicted molar refractivity (Wildman–Crippen MR) is 74.2 cm³/mol. The largest absolute Gasteiger partial charge is 0.396 e. The Morgan fingerprint density at radius 3 is 2.84 bits per heavy atom. The molecule has 2 atom stereocenters. The topological polar surface area (TPSA) is 58.4 Å². The summed E-state index contributed by atoms with van der Waals surface area (Å²) in [5, 5.41) is 2.72. The summed E-state index contributed by atoms with van der Waals surface area (Å²) in [6.45, 7) is 3.50. The van der Waals surface area contributed by atoms with E-state index >= 15 is 0 Å². The van der Waals surface area contributed by atoms with Crippen LogP contribution in [0.3, 0.4) is 0 Å². The second-order valence-electron chi connectivity index (χ2n) is 5.45. The third-order valence-electron chi connectivity index (χ3n) is 3.52. The van der Waals surface area contributed by atoms with Gasteiger partial charge in [-0.2, -0.15) is 0 Å². The fraction of sp³-hybridized carbons (Fsp3) is 0.500. The van der Waals surface area contributed by atoms with Gasteiger partial charge in [0.1, 0.15) is 5.82 Å². The molecule has 0 saturated heterocycles. The maximum Gasteiger partial charge on any atom is 0.238 e. The zero-order chi connectivity index (χ0) is 14.0. The summed E-state index contributed by atoms with van der Waals surface area (Å²) in [4.78, 5) is 13.8. The van der Waals surface area contributed by atoms with E-state index in [-0.39, 0.29) is 11.6 Å². The van der Waals surface area contributed by atoms with Crippen molar-refractivity contribution in [2.45, 2.75) is 13.3 Å². The van der Waals surface area contributed by atoms with Gasteiger partial charge in [0.25, 0.3) is 0 Å². The van der Waals surface area contributed by atoms with Crippen LogP contribution in [0, 0.1) is 17.7 Å². The van der Waals surface area contributed by atoms with Gasteiger partial charge in [-0.15, -0.1) is 0 Å². The lowest BCUT2D eigenvalue weighted by Gasteiger charge is -2.16. The summed E-state index contributed by atoms with van der Waals surface area (Å²) in [6.07, 6.45) is 1.25. The Balaban J connectivity index is 1.81. The number of anilines is 2. The van der Waals surface area contributed by atoms with Crippen LogP contribution in [0.5, 0.6) is 0 Å². The molecule has 1 aromatic carbocycles. The molecule has 2 rings (SSSR count). The maximum atomic E-state index is 13.0. The lowest BCUT2D eigenvalue weighted by atomic mass is 10.2. The van der Waals surface area contributed by atoms with Crippen molar-refractivity contribution in [3.8, 4) is 0 Å². The van der Waals surface area contributed by atoms with Gasteiger partial charge in [0, 0.05) is 12.2 Å². The van der Waals surface area contributed by atoms with Crippen molar-refractivity contribution in [1.82, 2.24) is 4.90 Å². The van der Waals surface area contributed by atoms with E-state index in [9.17, 15) is 9.18 Å². The quantitative estimate of drug-likeness (QED) is 0.800. The number of carbonyl (C=O) groups excluding carboxylic acids is 1. The zero-order valence-electron chi connectivity index (χ0n) is 11.3. The Hall–Kier alpha value is -1.62. The van der Waals surface area contributed by atoms with E-state index in [2.05, 4.69) is 12.2 Å². The molecule has 0 heterocycles. The molecule has 0 spiro atoms. The number of hydrogen-bond donors (Lipinski definition) is 2. The molecule has 4 nitrogen and oxygen atoms in total. The first-order chi connectivity index (χ1) is 8.95. The highest BCUT2D eigenvalue weighted by molar-refractivity contribution is 5.92. The molecule has 0 radical (unpaired) electrons. The van der Waals surface area contributed by atoms with Crippen molar-refractivity contribution in [3.05, 3.63) is 24.0 Å². The molecule has 104 valence electrons. The minimum absolute atomic E-state index is 0.0398. The molecular weight excluding hydrogens is 245 g/mol. The zero-order valence-corrected chi connectivity index (χ0v) is 11.3. The number of benzene rings is 1. The van der Waals surface area contributed by atoms with Gasteiger partial charge in [0.05, 0.1) is 12.2 Å². The van der Waals surface area contributed by atoms with Gasteiger partial charge >= 0.3 is 0 Å². The Bertz CT molecular complexity index is 478. The molecule has 19 heavy (non-hydrogen) atoms. The summed E-state index contributed by atoms with van der Waals surface area (Å²) in [6, 6.07) is 4.18. The number of nitrogen functional groups attached to an aromatic ring is 1. The predicted octanol–water partition coefficient (Wildman–Crippen LogP) is 1.93. The highest BCUT2D eigenvalue weighted by Crippen LogP contribution is 2.37. The van der Waals surface area contributed by atoms with Crippen molar-refractivity contribution < 1.29 is 9.18 Å². The smallest absolute Gasteiger partial charge is 0.238 e. The van der Waals surface area contributed by atoms with E-state index in [0.717, 1.165) is 18.4 Å². The van der Waals surface area contributed by atoms with Gasteiger partial charge in [-0.05, 0) is 43.5 Å². The first-order valence-electron chi connectivity index (χ1n) is 6.49. The molecule has 5 heteroatoms. The van der Waals surface area contributed by atoms with E-state index < -0.39 is 5.82 Å². The van der Waals surface area contributed by atoms with Crippen LogP contribution >= 0.6 is 0 Å². The fourth-order valence-corrected chi connectivity index (χ4v) is 2.19. The average molecular weight is 265 g/mol. The van der Waals surface area contributed by atoms with Crippen molar-refractivity contribution in [3.63, 3.8) is 0 Å². The van der Waals surface area contributed by atoms with Crippen LogP contribution < -0.4 is 11.1 Å². The molecule has 1 aromatic rings. The number of rotatable bonds is 5. The molecule has 3 N–H and O–H groups in total. The van der Waals surface area contributed by atoms with Gasteiger partial charge < -0.3 is 11.1 Å². The van der Waals surface area contributed by atoms with Gasteiger partial charge in [-0.3, -0.25) is 9.69 Å². The number of likely N-dealkylation sites (N-methyl/N-ethyl adjacent to an activating group) is 1. The molecule has 0 aromatic heterocycles. The number of amides is 1. The van der Waals surface area contributed by atoms with Crippen LogP contribution in [0.1, 0.15) is 13.3 Å². The second-order valence-corrected chi connectivity index (χ2v) is 5.45. The van der Waals surface area contributed by atoms with Gasteiger partial charge in [0.15, 0.2) is 0 Å². The molecule has 1 fully saturated rings. The first-order valence-corrected chi connectivity index (χ1v) is 6.49. The molecular formula is C14H20FN3O. The lowest BCUT2D eigenvalue weighted by Crippen LogP contribution is -2.31. The molecule has 1 aliphatic rings. The van der Waals surface area contributed by atoms with Gasteiger partial charge in [-0.25, -0.2) is 4.39 Å². The highest BCUT2D eigenvalue weighted by Gasteiger charge is 2.33. The van der Waals surface area contributed by atoms with Crippen LogP contribution in [0.25, 0.3) is 0 Å². The lowest BCUT2D eigenvalue weighted by molar-refractivity contribution is -0.117. The standard InChI is InChI=1S/C14H20FN3O/c1-9-5-10(9)7-18(2)8-14(19)17-11-3-4-12(15)13(16)6-11/h3-4,6,9-10H,5,7-8,16H2,1-2H3,(H,17,19). The first kappa shape index (κ1) is 13.8. The molecule has 0 aliphatic heterocycles. The van der Waals surface area contributed by atoms with E-state index in [1.807, 2.05) is 11.9 Å². The van der Waals surface area contributed by atoms with Crippen molar-refractivity contribution in [1.29, 1.82) is 0 Å². The van der Waals surface area contributed by atoms with Crippen molar-refractivity contribution in [2.24, 2.45) is 11.8 Å². The molecule has 2 unspecified atom stereocenters. The highest BCUT2D eigenvalue weighted by atomic mass is 19.1. The van der Waals surface area contributed by atoms with Crippen LogP contribution in [-0.4, -0.2) is 30.9 Å². The Morgan fingerprint density at radius 1 is 1.58 bits per heavy atom. The third kappa shape index (κ3) is 3.92. The normalized spacial score (nSPS) is 21.5. The maximum absolute atomic E-state index is 13.0. The fourth-order valence-electron chi connectivity index (χ4n) is 2.19. The summed E-state index contributed by atoms with van der Waals surface area (Å²) in [5.74, 6) is 0.918.